The molecule has 0 heterocycles. The highest BCUT2D eigenvalue weighted by Crippen LogP contribution is 2.16. The summed E-state index contributed by atoms with van der Waals surface area (Å²) in [6.07, 6.45) is 0.494. The molecular weight excluding hydrogens is 230 g/mol. The van der Waals surface area contributed by atoms with Crippen LogP contribution in [0.1, 0.15) is 19.4 Å². The number of benzene rings is 1. The van der Waals surface area contributed by atoms with E-state index in [0.717, 1.165) is 24.4 Å². The molecule has 100 valence electrons. The van der Waals surface area contributed by atoms with E-state index in [9.17, 15) is 9.90 Å². The summed E-state index contributed by atoms with van der Waals surface area (Å²) in [6, 6.07) is 7.08. The van der Waals surface area contributed by atoms with E-state index in [0.29, 0.717) is 6.42 Å². The van der Waals surface area contributed by atoms with Crippen molar-refractivity contribution in [2.24, 2.45) is 0 Å². The molecule has 1 atom stereocenters. The van der Waals surface area contributed by atoms with Crippen molar-refractivity contribution in [3.8, 4) is 5.75 Å². The minimum atomic E-state index is -0.776. The van der Waals surface area contributed by atoms with Gasteiger partial charge in [-0.2, -0.15) is 0 Å². The molecule has 1 aromatic carbocycles. The standard InChI is InChI=1S/C14H21NO3/c1-4-15(5-2)13(14(16)17)10-11-7-6-8-12(9-11)18-3/h6-9,13H,4-5,10H2,1-3H3,(H,16,17). The van der Waals surface area contributed by atoms with Crippen molar-refractivity contribution >= 4 is 5.97 Å². The van der Waals surface area contributed by atoms with E-state index in [4.69, 9.17) is 4.74 Å². The van der Waals surface area contributed by atoms with Crippen molar-refractivity contribution in [3.05, 3.63) is 29.8 Å². The van der Waals surface area contributed by atoms with E-state index in [-0.39, 0.29) is 0 Å². The molecule has 0 saturated carbocycles. The van der Waals surface area contributed by atoms with Crippen LogP contribution in [0.15, 0.2) is 24.3 Å². The summed E-state index contributed by atoms with van der Waals surface area (Å²) in [7, 11) is 1.61. The van der Waals surface area contributed by atoms with Crippen molar-refractivity contribution in [1.29, 1.82) is 0 Å². The highest BCUT2D eigenvalue weighted by atomic mass is 16.5. The van der Waals surface area contributed by atoms with Crippen LogP contribution in [-0.2, 0) is 11.2 Å². The van der Waals surface area contributed by atoms with Gasteiger partial charge in [-0.3, -0.25) is 9.69 Å². The van der Waals surface area contributed by atoms with Gasteiger partial charge in [0.25, 0.3) is 0 Å². The molecule has 0 aromatic heterocycles. The van der Waals surface area contributed by atoms with Crippen molar-refractivity contribution in [2.75, 3.05) is 20.2 Å². The van der Waals surface area contributed by atoms with Crippen LogP contribution in [0.4, 0.5) is 0 Å². The third kappa shape index (κ3) is 3.74. The van der Waals surface area contributed by atoms with Gasteiger partial charge in [0.1, 0.15) is 11.8 Å². The Balaban J connectivity index is 2.85. The number of carboxylic acid groups (broad SMARTS) is 1. The Bertz CT molecular complexity index is 388. The molecule has 4 nitrogen and oxygen atoms in total. The van der Waals surface area contributed by atoms with Gasteiger partial charge in [-0.15, -0.1) is 0 Å². The number of carboxylic acids is 1. The zero-order valence-corrected chi connectivity index (χ0v) is 11.2. The Labute approximate surface area is 108 Å². The molecule has 1 rings (SSSR count). The second kappa shape index (κ2) is 7.01. The molecule has 0 aliphatic heterocycles. The van der Waals surface area contributed by atoms with Crippen LogP contribution in [0.5, 0.6) is 5.75 Å². The van der Waals surface area contributed by atoms with E-state index in [1.165, 1.54) is 0 Å². The monoisotopic (exact) mass is 251 g/mol. The largest absolute Gasteiger partial charge is 0.497 e. The molecular formula is C14H21NO3. The fourth-order valence-corrected chi connectivity index (χ4v) is 2.06. The van der Waals surface area contributed by atoms with Gasteiger partial charge in [0.05, 0.1) is 7.11 Å². The molecule has 1 unspecified atom stereocenters. The predicted octanol–water partition coefficient (Wildman–Crippen LogP) is 2.03. The maximum absolute atomic E-state index is 11.3. The number of likely N-dealkylation sites (N-methyl/N-ethyl adjacent to an activating group) is 1. The molecule has 0 aliphatic rings. The van der Waals surface area contributed by atoms with Gasteiger partial charge in [-0.05, 0) is 37.2 Å². The summed E-state index contributed by atoms with van der Waals surface area (Å²) in [5.41, 5.74) is 0.980. The van der Waals surface area contributed by atoms with Crippen molar-refractivity contribution in [1.82, 2.24) is 4.90 Å². The smallest absolute Gasteiger partial charge is 0.321 e. The predicted molar refractivity (Wildman–Crippen MR) is 71.0 cm³/mol. The third-order valence-corrected chi connectivity index (χ3v) is 3.10. The van der Waals surface area contributed by atoms with Crippen molar-refractivity contribution in [3.63, 3.8) is 0 Å². The minimum Gasteiger partial charge on any atom is -0.497 e. The van der Waals surface area contributed by atoms with Crippen LogP contribution in [0, 0.1) is 0 Å². The molecule has 0 aliphatic carbocycles. The molecule has 0 fully saturated rings. The normalized spacial score (nSPS) is 12.4. The summed E-state index contributed by atoms with van der Waals surface area (Å²) in [6.45, 7) is 5.42. The number of hydrogen-bond acceptors (Lipinski definition) is 3. The summed E-state index contributed by atoms with van der Waals surface area (Å²) < 4.78 is 5.15. The maximum atomic E-state index is 11.3. The lowest BCUT2D eigenvalue weighted by atomic mass is 10.0. The zero-order chi connectivity index (χ0) is 13.5. The Morgan fingerprint density at radius 3 is 2.56 bits per heavy atom. The molecule has 0 bridgehead atoms. The third-order valence-electron chi connectivity index (χ3n) is 3.10. The molecule has 1 N–H and O–H groups in total. The fraction of sp³-hybridized carbons (Fsp3) is 0.500. The number of aliphatic carboxylic acids is 1. The lowest BCUT2D eigenvalue weighted by Crippen LogP contribution is -2.42. The Hall–Kier alpha value is -1.55. The SMILES string of the molecule is CCN(CC)C(Cc1cccc(OC)c1)C(=O)O. The van der Waals surface area contributed by atoms with Gasteiger partial charge in [-0.25, -0.2) is 0 Å². The van der Waals surface area contributed by atoms with Crippen LogP contribution in [0.2, 0.25) is 0 Å². The number of nitrogens with zero attached hydrogens (tertiary/aromatic N) is 1. The quantitative estimate of drug-likeness (QED) is 0.805. The Morgan fingerprint density at radius 1 is 1.39 bits per heavy atom. The number of rotatable bonds is 7. The maximum Gasteiger partial charge on any atom is 0.321 e. The number of hydrogen-bond donors (Lipinski definition) is 1. The molecule has 0 spiro atoms. The first-order valence-corrected chi connectivity index (χ1v) is 6.22. The van der Waals surface area contributed by atoms with Gasteiger partial charge in [0.15, 0.2) is 0 Å². The number of methoxy groups -OCH3 is 1. The average molecular weight is 251 g/mol. The van der Waals surface area contributed by atoms with E-state index in [2.05, 4.69) is 0 Å². The Morgan fingerprint density at radius 2 is 2.06 bits per heavy atom. The first-order valence-electron chi connectivity index (χ1n) is 6.22. The first-order chi connectivity index (χ1) is 8.62. The molecule has 0 radical (unpaired) electrons. The lowest BCUT2D eigenvalue weighted by molar-refractivity contribution is -0.143. The molecule has 1 aromatic rings. The van der Waals surface area contributed by atoms with Gasteiger partial charge in [0, 0.05) is 0 Å². The summed E-state index contributed by atoms with van der Waals surface area (Å²) >= 11 is 0. The molecule has 18 heavy (non-hydrogen) atoms. The van der Waals surface area contributed by atoms with Gasteiger partial charge in [0.2, 0.25) is 0 Å². The van der Waals surface area contributed by atoms with Gasteiger partial charge >= 0.3 is 5.97 Å². The second-order valence-electron chi connectivity index (χ2n) is 4.13. The van der Waals surface area contributed by atoms with Crippen LogP contribution in [0.25, 0.3) is 0 Å². The van der Waals surface area contributed by atoms with Crippen LogP contribution in [0.3, 0.4) is 0 Å². The summed E-state index contributed by atoms with van der Waals surface area (Å²) in [5, 5.41) is 9.32. The highest BCUT2D eigenvalue weighted by Gasteiger charge is 2.23. The number of carbonyl (C=O) groups is 1. The van der Waals surface area contributed by atoms with E-state index in [1.54, 1.807) is 7.11 Å². The second-order valence-corrected chi connectivity index (χ2v) is 4.13. The lowest BCUT2D eigenvalue weighted by Gasteiger charge is -2.26. The van der Waals surface area contributed by atoms with E-state index in [1.807, 2.05) is 43.0 Å². The van der Waals surface area contributed by atoms with Crippen molar-refractivity contribution in [2.45, 2.75) is 26.3 Å². The van der Waals surface area contributed by atoms with E-state index < -0.39 is 12.0 Å². The number of ether oxygens (including phenoxy) is 1. The fourth-order valence-electron chi connectivity index (χ4n) is 2.06. The summed E-state index contributed by atoms with van der Waals surface area (Å²) in [5.74, 6) is -0.0160. The summed E-state index contributed by atoms with van der Waals surface area (Å²) in [4.78, 5) is 13.3. The van der Waals surface area contributed by atoms with Gasteiger partial charge in [-0.1, -0.05) is 26.0 Å². The Kier molecular flexibility index (Phi) is 5.65. The first kappa shape index (κ1) is 14.5. The highest BCUT2D eigenvalue weighted by molar-refractivity contribution is 5.74. The molecule has 0 saturated heterocycles. The van der Waals surface area contributed by atoms with Gasteiger partial charge < -0.3 is 9.84 Å². The minimum absolute atomic E-state index is 0.480. The van der Waals surface area contributed by atoms with Crippen molar-refractivity contribution < 1.29 is 14.6 Å². The molecule has 0 amide bonds. The van der Waals surface area contributed by atoms with Crippen LogP contribution in [-0.4, -0.2) is 42.2 Å². The molecule has 4 heteroatoms. The van der Waals surface area contributed by atoms with E-state index >= 15 is 0 Å². The average Bonchev–Trinajstić information content (AvgIpc) is 2.39. The van der Waals surface area contributed by atoms with Crippen LogP contribution >= 0.6 is 0 Å². The topological polar surface area (TPSA) is 49.8 Å². The van der Waals surface area contributed by atoms with Crippen LogP contribution < -0.4 is 4.74 Å². The zero-order valence-electron chi connectivity index (χ0n) is 11.2.